The van der Waals surface area contributed by atoms with Crippen molar-refractivity contribution in [2.45, 2.75) is 26.7 Å². The van der Waals surface area contributed by atoms with Crippen LogP contribution >= 0.6 is 0 Å². The molecule has 0 N–H and O–H groups in total. The minimum atomic E-state index is -3.28. The summed E-state index contributed by atoms with van der Waals surface area (Å²) in [4.78, 5) is 17.0. The number of hydrogen-bond donors (Lipinski definition) is 0. The van der Waals surface area contributed by atoms with E-state index in [0.717, 1.165) is 44.7 Å². The fourth-order valence-corrected chi connectivity index (χ4v) is 5.21. The van der Waals surface area contributed by atoms with E-state index in [9.17, 15) is 13.2 Å². The van der Waals surface area contributed by atoms with E-state index in [1.165, 1.54) is 4.31 Å². The van der Waals surface area contributed by atoms with Gasteiger partial charge in [-0.15, -0.1) is 0 Å². The third-order valence-corrected chi connectivity index (χ3v) is 7.04. The fourth-order valence-electron chi connectivity index (χ4n) is 3.52. The van der Waals surface area contributed by atoms with E-state index < -0.39 is 10.0 Å². The first kappa shape index (κ1) is 18.2. The van der Waals surface area contributed by atoms with E-state index in [1.54, 1.807) is 6.07 Å². The highest BCUT2D eigenvalue weighted by molar-refractivity contribution is 7.92. The van der Waals surface area contributed by atoms with Crippen molar-refractivity contribution in [3.05, 3.63) is 29.3 Å². The SMILES string of the molecule is CCN1CCN(C(=O)c2ccc(C)c(N3CCCCS3(=O)=O)c2)CC1. The van der Waals surface area contributed by atoms with Crippen molar-refractivity contribution in [1.82, 2.24) is 9.80 Å². The summed E-state index contributed by atoms with van der Waals surface area (Å²) in [6.07, 6.45) is 1.56. The van der Waals surface area contributed by atoms with E-state index >= 15 is 0 Å². The lowest BCUT2D eigenvalue weighted by molar-refractivity contribution is 0.0643. The Morgan fingerprint density at radius 3 is 2.44 bits per heavy atom. The summed E-state index contributed by atoms with van der Waals surface area (Å²) in [6.45, 7) is 8.74. The van der Waals surface area contributed by atoms with Crippen molar-refractivity contribution >= 4 is 21.6 Å². The first-order chi connectivity index (χ1) is 11.9. The standard InChI is InChI=1S/C18H27N3O3S/c1-3-19-9-11-20(12-10-19)18(22)16-7-6-15(2)17(14-16)21-8-4-5-13-25(21,23)24/h6-7,14H,3-5,8-13H2,1-2H3. The Morgan fingerprint density at radius 2 is 1.80 bits per heavy atom. The van der Waals surface area contributed by atoms with Crippen LogP contribution in [0.15, 0.2) is 18.2 Å². The van der Waals surface area contributed by atoms with Crippen molar-refractivity contribution in [3.63, 3.8) is 0 Å². The van der Waals surface area contributed by atoms with Gasteiger partial charge < -0.3 is 9.80 Å². The number of hydrogen-bond acceptors (Lipinski definition) is 4. The predicted molar refractivity (Wildman–Crippen MR) is 99.6 cm³/mol. The van der Waals surface area contributed by atoms with Crippen molar-refractivity contribution in [2.24, 2.45) is 0 Å². The van der Waals surface area contributed by atoms with Crippen LogP contribution in [0, 0.1) is 6.92 Å². The van der Waals surface area contributed by atoms with Gasteiger partial charge in [0, 0.05) is 38.3 Å². The van der Waals surface area contributed by atoms with Gasteiger partial charge in [-0.3, -0.25) is 9.10 Å². The molecule has 3 rings (SSSR count). The minimum absolute atomic E-state index is 0.00795. The molecular weight excluding hydrogens is 338 g/mol. The predicted octanol–water partition coefficient (Wildman–Crippen LogP) is 1.70. The highest BCUT2D eigenvalue weighted by Crippen LogP contribution is 2.28. The molecule has 1 amide bonds. The molecule has 2 aliphatic rings. The fraction of sp³-hybridized carbons (Fsp3) is 0.611. The molecule has 1 aromatic rings. The molecule has 0 bridgehead atoms. The first-order valence-electron chi connectivity index (χ1n) is 9.05. The number of piperazine rings is 1. The van der Waals surface area contributed by atoms with Gasteiger partial charge in [0.05, 0.1) is 11.4 Å². The summed E-state index contributed by atoms with van der Waals surface area (Å²) in [6, 6.07) is 5.42. The third-order valence-electron chi connectivity index (χ3n) is 5.18. The Morgan fingerprint density at radius 1 is 1.08 bits per heavy atom. The maximum Gasteiger partial charge on any atom is 0.254 e. The van der Waals surface area contributed by atoms with Crippen LogP contribution < -0.4 is 4.31 Å². The van der Waals surface area contributed by atoms with Crippen LogP contribution in [0.5, 0.6) is 0 Å². The van der Waals surface area contributed by atoms with Crippen molar-refractivity contribution < 1.29 is 13.2 Å². The normalized spacial score (nSPS) is 21.4. The van der Waals surface area contributed by atoms with E-state index in [1.807, 2.05) is 24.0 Å². The molecule has 0 spiro atoms. The van der Waals surface area contributed by atoms with Gasteiger partial charge >= 0.3 is 0 Å². The van der Waals surface area contributed by atoms with Gasteiger partial charge in [0.2, 0.25) is 10.0 Å². The summed E-state index contributed by atoms with van der Waals surface area (Å²) >= 11 is 0. The number of amides is 1. The highest BCUT2D eigenvalue weighted by atomic mass is 32.2. The molecule has 2 aliphatic heterocycles. The Balaban J connectivity index is 1.83. The molecule has 0 radical (unpaired) electrons. The largest absolute Gasteiger partial charge is 0.336 e. The number of nitrogens with zero attached hydrogens (tertiary/aromatic N) is 3. The van der Waals surface area contributed by atoms with Gasteiger partial charge in [-0.25, -0.2) is 8.42 Å². The lowest BCUT2D eigenvalue weighted by Gasteiger charge is -2.34. The molecule has 0 unspecified atom stereocenters. The topological polar surface area (TPSA) is 60.9 Å². The number of benzene rings is 1. The van der Waals surface area contributed by atoms with E-state index in [2.05, 4.69) is 11.8 Å². The molecule has 0 atom stereocenters. The molecule has 138 valence electrons. The van der Waals surface area contributed by atoms with Crippen molar-refractivity contribution in [3.8, 4) is 0 Å². The van der Waals surface area contributed by atoms with Crippen LogP contribution in [0.4, 0.5) is 5.69 Å². The highest BCUT2D eigenvalue weighted by Gasteiger charge is 2.28. The second-order valence-electron chi connectivity index (χ2n) is 6.82. The zero-order chi connectivity index (χ0) is 18.0. The lowest BCUT2D eigenvalue weighted by atomic mass is 10.1. The van der Waals surface area contributed by atoms with Gasteiger partial charge in [0.15, 0.2) is 0 Å². The first-order valence-corrected chi connectivity index (χ1v) is 10.7. The Hall–Kier alpha value is -1.60. The monoisotopic (exact) mass is 365 g/mol. The average Bonchev–Trinajstić information content (AvgIpc) is 2.62. The average molecular weight is 365 g/mol. The van der Waals surface area contributed by atoms with Gasteiger partial charge in [0.1, 0.15) is 0 Å². The smallest absolute Gasteiger partial charge is 0.254 e. The molecule has 0 aromatic heterocycles. The Kier molecular flexibility index (Phi) is 5.34. The third kappa shape index (κ3) is 3.82. The Labute approximate surface area is 150 Å². The van der Waals surface area contributed by atoms with E-state index in [-0.39, 0.29) is 11.7 Å². The number of likely N-dealkylation sites (N-methyl/N-ethyl adjacent to an activating group) is 1. The van der Waals surface area contributed by atoms with Gasteiger partial charge in [-0.05, 0) is 44.0 Å². The minimum Gasteiger partial charge on any atom is -0.336 e. The van der Waals surface area contributed by atoms with Gasteiger partial charge in [-0.1, -0.05) is 13.0 Å². The summed E-state index contributed by atoms with van der Waals surface area (Å²) in [5, 5.41) is 0. The molecule has 2 fully saturated rings. The van der Waals surface area contributed by atoms with Crippen LogP contribution in [0.25, 0.3) is 0 Å². The zero-order valence-corrected chi connectivity index (χ0v) is 15.9. The second-order valence-corrected chi connectivity index (χ2v) is 8.84. The van der Waals surface area contributed by atoms with E-state index in [4.69, 9.17) is 0 Å². The molecule has 6 nitrogen and oxygen atoms in total. The number of rotatable bonds is 3. The number of carbonyl (C=O) groups excluding carboxylic acids is 1. The van der Waals surface area contributed by atoms with Crippen LogP contribution in [0.1, 0.15) is 35.7 Å². The maximum absolute atomic E-state index is 12.8. The van der Waals surface area contributed by atoms with Crippen LogP contribution in [-0.4, -0.2) is 69.1 Å². The molecular formula is C18H27N3O3S. The summed E-state index contributed by atoms with van der Waals surface area (Å²) < 4.78 is 26.3. The Bertz CT molecular complexity index is 740. The summed E-state index contributed by atoms with van der Waals surface area (Å²) in [5.41, 5.74) is 2.11. The molecule has 2 heterocycles. The van der Waals surface area contributed by atoms with Gasteiger partial charge in [-0.2, -0.15) is 0 Å². The maximum atomic E-state index is 12.8. The summed E-state index contributed by atoms with van der Waals surface area (Å²) in [7, 11) is -3.28. The van der Waals surface area contributed by atoms with Crippen LogP contribution in [0.2, 0.25) is 0 Å². The molecule has 7 heteroatoms. The van der Waals surface area contributed by atoms with Gasteiger partial charge in [0.25, 0.3) is 5.91 Å². The lowest BCUT2D eigenvalue weighted by Crippen LogP contribution is -2.48. The van der Waals surface area contributed by atoms with E-state index in [0.29, 0.717) is 24.2 Å². The van der Waals surface area contributed by atoms with Crippen LogP contribution in [-0.2, 0) is 10.0 Å². The number of carbonyl (C=O) groups is 1. The van der Waals surface area contributed by atoms with Crippen molar-refractivity contribution in [1.29, 1.82) is 0 Å². The molecule has 1 aromatic carbocycles. The molecule has 2 saturated heterocycles. The molecule has 0 aliphatic carbocycles. The second kappa shape index (κ2) is 7.33. The number of aryl methyl sites for hydroxylation is 1. The molecule has 25 heavy (non-hydrogen) atoms. The number of anilines is 1. The zero-order valence-electron chi connectivity index (χ0n) is 15.1. The van der Waals surface area contributed by atoms with Crippen molar-refractivity contribution in [2.75, 3.05) is 49.3 Å². The quantitative estimate of drug-likeness (QED) is 0.818. The van der Waals surface area contributed by atoms with Crippen LogP contribution in [0.3, 0.4) is 0 Å². The number of sulfonamides is 1. The molecule has 0 saturated carbocycles. The summed E-state index contributed by atoms with van der Waals surface area (Å²) in [5.74, 6) is 0.176.